The van der Waals surface area contributed by atoms with Gasteiger partial charge in [0, 0.05) is 12.4 Å². The highest BCUT2D eigenvalue weighted by Gasteiger charge is 2.04. The molecule has 0 amide bonds. The second-order valence-electron chi connectivity index (χ2n) is 2.00. The minimum absolute atomic E-state index is 0.564. The molecule has 0 aliphatic carbocycles. The van der Waals surface area contributed by atoms with Gasteiger partial charge in [-0.2, -0.15) is 0 Å². The lowest BCUT2D eigenvalue weighted by atomic mass is 10.2. The molecule has 0 saturated carbocycles. The molecule has 2 N–H and O–H groups in total. The Kier molecular flexibility index (Phi) is 3.30. The fourth-order valence-electron chi connectivity index (χ4n) is 0.693. The van der Waals surface area contributed by atoms with E-state index in [4.69, 9.17) is 5.73 Å². The van der Waals surface area contributed by atoms with E-state index in [1.54, 1.807) is 12.1 Å². The third-order valence-electron chi connectivity index (χ3n) is 1.22. The van der Waals surface area contributed by atoms with Gasteiger partial charge in [0.15, 0.2) is 0 Å². The number of aromatic nitrogens is 1. The molecule has 12 heavy (non-hydrogen) atoms. The third kappa shape index (κ3) is 2.67. The molecular formula is C6H7N2O3S-. The Morgan fingerprint density at radius 1 is 1.58 bits per heavy atom. The number of pyridine rings is 1. The molecule has 2 unspecified atom stereocenters. The quantitative estimate of drug-likeness (QED) is 0.525. The number of hydrogen-bond acceptors (Lipinski definition) is 5. The summed E-state index contributed by atoms with van der Waals surface area (Å²) in [6.07, 6.45) is 2.06. The van der Waals surface area contributed by atoms with E-state index in [0.717, 1.165) is 0 Å². The summed E-state index contributed by atoms with van der Waals surface area (Å²) in [6.45, 7) is 0. The summed E-state index contributed by atoms with van der Waals surface area (Å²) in [5.74, 6) is 0. The van der Waals surface area contributed by atoms with Gasteiger partial charge in [-0.05, 0) is 17.7 Å². The molecule has 0 aliphatic rings. The van der Waals surface area contributed by atoms with Crippen LogP contribution in [-0.4, -0.2) is 13.7 Å². The van der Waals surface area contributed by atoms with E-state index >= 15 is 0 Å². The van der Waals surface area contributed by atoms with E-state index in [0.29, 0.717) is 5.56 Å². The van der Waals surface area contributed by atoms with Gasteiger partial charge in [-0.1, -0.05) is 0 Å². The highest BCUT2D eigenvalue weighted by Crippen LogP contribution is 2.09. The maximum Gasteiger partial charge on any atom is 0.147 e. The van der Waals surface area contributed by atoms with Crippen molar-refractivity contribution in [1.82, 2.24) is 4.98 Å². The number of nitrogens with zero attached hydrogens (tertiary/aromatic N) is 1. The smallest absolute Gasteiger partial charge is 0.147 e. The fourth-order valence-corrected chi connectivity index (χ4v) is 0.974. The summed E-state index contributed by atoms with van der Waals surface area (Å²) in [5.41, 5.74) is 5.92. The van der Waals surface area contributed by atoms with Gasteiger partial charge in [-0.3, -0.25) is 9.17 Å². The van der Waals surface area contributed by atoms with Crippen molar-refractivity contribution in [2.24, 2.45) is 5.73 Å². The highest BCUT2D eigenvalue weighted by atomic mass is 32.2. The van der Waals surface area contributed by atoms with Crippen LogP contribution >= 0.6 is 0 Å². The second kappa shape index (κ2) is 4.27. The third-order valence-corrected chi connectivity index (χ3v) is 1.58. The topological polar surface area (TPSA) is 88.3 Å². The predicted octanol–water partition coefficient (Wildman–Crippen LogP) is -0.150. The Bertz CT molecular complexity index is 267. The lowest BCUT2D eigenvalue weighted by molar-refractivity contribution is 0.212. The Hall–Kier alpha value is -0.820. The first-order chi connectivity index (χ1) is 5.70. The van der Waals surface area contributed by atoms with Gasteiger partial charge in [0.1, 0.15) is 6.23 Å². The zero-order valence-electron chi connectivity index (χ0n) is 6.04. The van der Waals surface area contributed by atoms with Gasteiger partial charge < -0.3 is 10.3 Å². The lowest BCUT2D eigenvalue weighted by Gasteiger charge is -2.13. The van der Waals surface area contributed by atoms with Gasteiger partial charge in [0.25, 0.3) is 0 Å². The van der Waals surface area contributed by atoms with E-state index in [2.05, 4.69) is 9.17 Å². The average molecular weight is 187 g/mol. The van der Waals surface area contributed by atoms with Crippen LogP contribution in [0, 0.1) is 0 Å². The highest BCUT2D eigenvalue weighted by molar-refractivity contribution is 7.74. The Labute approximate surface area is 72.1 Å². The molecule has 6 heteroatoms. The number of hydrogen-bond donors (Lipinski definition) is 1. The molecule has 0 fully saturated rings. The van der Waals surface area contributed by atoms with Gasteiger partial charge in [0.05, 0.1) is 11.4 Å². The molecule has 1 heterocycles. The van der Waals surface area contributed by atoms with E-state index in [9.17, 15) is 8.76 Å². The zero-order valence-corrected chi connectivity index (χ0v) is 6.86. The van der Waals surface area contributed by atoms with Crippen LogP contribution in [0.15, 0.2) is 24.5 Å². The van der Waals surface area contributed by atoms with Gasteiger partial charge in [0.2, 0.25) is 0 Å². The van der Waals surface area contributed by atoms with Crippen LogP contribution in [0.3, 0.4) is 0 Å². The van der Waals surface area contributed by atoms with Crippen molar-refractivity contribution < 1.29 is 12.9 Å². The summed E-state index contributed by atoms with van der Waals surface area (Å²) in [4.78, 5) is 3.74. The maximum absolute atomic E-state index is 10.1. The summed E-state index contributed by atoms with van der Waals surface area (Å²) >= 11 is -2.59. The lowest BCUT2D eigenvalue weighted by Crippen LogP contribution is -2.15. The molecule has 5 nitrogen and oxygen atoms in total. The van der Waals surface area contributed by atoms with Crippen molar-refractivity contribution in [3.8, 4) is 0 Å². The van der Waals surface area contributed by atoms with Gasteiger partial charge in [-0.25, -0.2) is 4.21 Å². The van der Waals surface area contributed by atoms with Crippen LogP contribution in [0.1, 0.15) is 11.8 Å². The summed E-state index contributed by atoms with van der Waals surface area (Å²) < 4.78 is 24.4. The predicted molar refractivity (Wildman–Crippen MR) is 41.2 cm³/mol. The largest absolute Gasteiger partial charge is 0.750 e. The molecule has 1 aromatic rings. The van der Waals surface area contributed by atoms with E-state index in [1.165, 1.54) is 12.4 Å². The Morgan fingerprint density at radius 2 is 2.17 bits per heavy atom. The number of rotatable bonds is 3. The van der Waals surface area contributed by atoms with Gasteiger partial charge in [-0.15, -0.1) is 0 Å². The summed E-state index contributed by atoms with van der Waals surface area (Å²) in [7, 11) is 0. The molecular weight excluding hydrogens is 180 g/mol. The molecule has 0 aromatic carbocycles. The molecule has 0 aliphatic heterocycles. The molecule has 0 spiro atoms. The SMILES string of the molecule is NC(OS(=O)[O-])c1ccncc1. The molecule has 1 rings (SSSR count). The minimum atomic E-state index is -2.59. The average Bonchev–Trinajstić information content (AvgIpc) is 2.05. The minimum Gasteiger partial charge on any atom is -0.750 e. The zero-order chi connectivity index (χ0) is 8.97. The second-order valence-corrected chi connectivity index (χ2v) is 2.60. The standard InChI is InChI=1S/C6H8N2O3S/c7-6(11-12(9)10)5-1-3-8-4-2-5/h1-4,6H,7H2,(H,9,10)/p-1. The van der Waals surface area contributed by atoms with Gasteiger partial charge >= 0.3 is 0 Å². The molecule has 66 valence electrons. The fraction of sp³-hybridized carbons (Fsp3) is 0.167. The van der Waals surface area contributed by atoms with Crippen molar-refractivity contribution in [3.63, 3.8) is 0 Å². The first-order valence-corrected chi connectivity index (χ1v) is 4.12. The Balaban J connectivity index is 2.65. The normalized spacial score (nSPS) is 15.5. The summed E-state index contributed by atoms with van der Waals surface area (Å²) in [6, 6.07) is 3.16. The van der Waals surface area contributed by atoms with Crippen LogP contribution in [0.4, 0.5) is 0 Å². The Morgan fingerprint density at radius 3 is 2.67 bits per heavy atom. The van der Waals surface area contributed by atoms with Crippen LogP contribution in [0.5, 0.6) is 0 Å². The molecule has 2 atom stereocenters. The van der Waals surface area contributed by atoms with E-state index in [-0.39, 0.29) is 0 Å². The van der Waals surface area contributed by atoms with Crippen molar-refractivity contribution in [2.45, 2.75) is 6.23 Å². The monoisotopic (exact) mass is 187 g/mol. The van der Waals surface area contributed by atoms with Crippen molar-refractivity contribution in [3.05, 3.63) is 30.1 Å². The number of nitrogens with two attached hydrogens (primary N) is 1. The van der Waals surface area contributed by atoms with Crippen LogP contribution in [0.25, 0.3) is 0 Å². The van der Waals surface area contributed by atoms with Crippen molar-refractivity contribution in [2.75, 3.05) is 0 Å². The van der Waals surface area contributed by atoms with Crippen molar-refractivity contribution in [1.29, 1.82) is 0 Å². The van der Waals surface area contributed by atoms with Crippen LogP contribution in [-0.2, 0) is 15.5 Å². The van der Waals surface area contributed by atoms with Crippen LogP contribution in [0.2, 0.25) is 0 Å². The summed E-state index contributed by atoms with van der Waals surface area (Å²) in [5, 5.41) is 0. The molecule has 1 aromatic heterocycles. The van der Waals surface area contributed by atoms with E-state index in [1.807, 2.05) is 0 Å². The van der Waals surface area contributed by atoms with Crippen molar-refractivity contribution >= 4 is 11.4 Å². The molecule has 0 bridgehead atoms. The molecule has 0 saturated heterocycles. The first-order valence-electron chi connectivity index (χ1n) is 3.12. The van der Waals surface area contributed by atoms with Crippen LogP contribution < -0.4 is 5.73 Å². The van der Waals surface area contributed by atoms with E-state index < -0.39 is 17.6 Å². The first kappa shape index (κ1) is 9.27. The maximum atomic E-state index is 10.1. The molecule has 0 radical (unpaired) electrons.